The highest BCUT2D eigenvalue weighted by molar-refractivity contribution is 5.78. The summed E-state index contributed by atoms with van der Waals surface area (Å²) < 4.78 is 13.7. The molecule has 0 heterocycles. The SMILES string of the molecule is Nc1ccc(F)c(-c2ccc(CO)cc2N)c1. The predicted molar refractivity (Wildman–Crippen MR) is 66.6 cm³/mol. The average molecular weight is 232 g/mol. The van der Waals surface area contributed by atoms with E-state index in [1.165, 1.54) is 12.1 Å². The van der Waals surface area contributed by atoms with E-state index in [9.17, 15) is 4.39 Å². The molecular formula is C13H13FN2O. The quantitative estimate of drug-likeness (QED) is 0.695. The number of benzene rings is 2. The van der Waals surface area contributed by atoms with Gasteiger partial charge in [0.25, 0.3) is 0 Å². The summed E-state index contributed by atoms with van der Waals surface area (Å²) in [6.45, 7) is -0.0934. The van der Waals surface area contributed by atoms with Crippen molar-refractivity contribution >= 4 is 11.4 Å². The maximum absolute atomic E-state index is 13.7. The summed E-state index contributed by atoms with van der Waals surface area (Å²) in [4.78, 5) is 0. The highest BCUT2D eigenvalue weighted by atomic mass is 19.1. The molecule has 0 saturated carbocycles. The van der Waals surface area contributed by atoms with Crippen molar-refractivity contribution in [1.29, 1.82) is 0 Å². The zero-order valence-electron chi connectivity index (χ0n) is 9.15. The molecule has 0 aliphatic carbocycles. The van der Waals surface area contributed by atoms with E-state index in [-0.39, 0.29) is 12.4 Å². The van der Waals surface area contributed by atoms with Crippen molar-refractivity contribution in [3.8, 4) is 11.1 Å². The number of nitrogens with two attached hydrogens (primary N) is 2. The van der Waals surface area contributed by atoms with Gasteiger partial charge in [0.2, 0.25) is 0 Å². The van der Waals surface area contributed by atoms with Gasteiger partial charge in [0.1, 0.15) is 5.82 Å². The van der Waals surface area contributed by atoms with E-state index in [0.29, 0.717) is 28.1 Å². The van der Waals surface area contributed by atoms with Crippen LogP contribution in [0, 0.1) is 5.82 Å². The molecule has 0 saturated heterocycles. The Morgan fingerprint density at radius 3 is 2.41 bits per heavy atom. The van der Waals surface area contributed by atoms with Crippen LogP contribution in [0.1, 0.15) is 5.56 Å². The van der Waals surface area contributed by atoms with Crippen molar-refractivity contribution < 1.29 is 9.50 Å². The molecule has 17 heavy (non-hydrogen) atoms. The third kappa shape index (κ3) is 2.21. The number of aliphatic hydroxyl groups is 1. The summed E-state index contributed by atoms with van der Waals surface area (Å²) in [5, 5.41) is 8.97. The fourth-order valence-electron chi connectivity index (χ4n) is 1.71. The molecule has 2 rings (SSSR count). The molecule has 0 radical (unpaired) electrons. The fraction of sp³-hybridized carbons (Fsp3) is 0.0769. The van der Waals surface area contributed by atoms with Crippen molar-refractivity contribution in [3.05, 3.63) is 47.8 Å². The third-order valence-corrected chi connectivity index (χ3v) is 2.58. The highest BCUT2D eigenvalue weighted by Gasteiger charge is 2.09. The van der Waals surface area contributed by atoms with Gasteiger partial charge < -0.3 is 16.6 Å². The van der Waals surface area contributed by atoms with Gasteiger partial charge in [-0.3, -0.25) is 0 Å². The minimum atomic E-state index is -0.373. The lowest BCUT2D eigenvalue weighted by Gasteiger charge is -2.09. The fourth-order valence-corrected chi connectivity index (χ4v) is 1.71. The van der Waals surface area contributed by atoms with Crippen LogP contribution in [-0.4, -0.2) is 5.11 Å². The second-order valence-corrected chi connectivity index (χ2v) is 3.82. The molecule has 5 N–H and O–H groups in total. The zero-order valence-corrected chi connectivity index (χ0v) is 9.15. The molecule has 0 amide bonds. The molecule has 0 spiro atoms. The van der Waals surface area contributed by atoms with Gasteiger partial charge in [-0.1, -0.05) is 12.1 Å². The zero-order chi connectivity index (χ0) is 12.4. The Bertz CT molecular complexity index is 555. The standard InChI is InChI=1S/C13H13FN2O/c14-12-4-2-9(15)6-11(12)10-3-1-8(7-17)5-13(10)16/h1-6,17H,7,15-16H2. The van der Waals surface area contributed by atoms with Gasteiger partial charge in [0, 0.05) is 22.5 Å². The Labute approximate surface area is 98.5 Å². The van der Waals surface area contributed by atoms with E-state index in [2.05, 4.69) is 0 Å². The monoisotopic (exact) mass is 232 g/mol. The maximum atomic E-state index is 13.7. The van der Waals surface area contributed by atoms with Crippen LogP contribution >= 0.6 is 0 Å². The number of hydrogen-bond acceptors (Lipinski definition) is 3. The summed E-state index contributed by atoms with van der Waals surface area (Å²) >= 11 is 0. The molecule has 0 fully saturated rings. The molecule has 0 unspecified atom stereocenters. The van der Waals surface area contributed by atoms with Crippen LogP contribution < -0.4 is 11.5 Å². The van der Waals surface area contributed by atoms with Crippen LogP contribution in [0.25, 0.3) is 11.1 Å². The van der Waals surface area contributed by atoms with Gasteiger partial charge >= 0.3 is 0 Å². The minimum absolute atomic E-state index is 0.0934. The third-order valence-electron chi connectivity index (χ3n) is 2.58. The van der Waals surface area contributed by atoms with Crippen molar-refractivity contribution in [2.24, 2.45) is 0 Å². The Morgan fingerprint density at radius 2 is 1.76 bits per heavy atom. The lowest BCUT2D eigenvalue weighted by atomic mass is 10.0. The average Bonchev–Trinajstić information content (AvgIpc) is 2.32. The number of anilines is 2. The number of hydrogen-bond donors (Lipinski definition) is 3. The largest absolute Gasteiger partial charge is 0.399 e. The molecule has 4 heteroatoms. The smallest absolute Gasteiger partial charge is 0.131 e. The van der Waals surface area contributed by atoms with E-state index in [4.69, 9.17) is 16.6 Å². The summed E-state index contributed by atoms with van der Waals surface area (Å²) in [7, 11) is 0. The van der Waals surface area contributed by atoms with Crippen molar-refractivity contribution in [2.45, 2.75) is 6.61 Å². The van der Waals surface area contributed by atoms with E-state index in [1.54, 1.807) is 24.3 Å². The predicted octanol–water partition coefficient (Wildman–Crippen LogP) is 2.15. The first-order valence-corrected chi connectivity index (χ1v) is 5.16. The van der Waals surface area contributed by atoms with Gasteiger partial charge in [-0.25, -0.2) is 4.39 Å². The first-order valence-electron chi connectivity index (χ1n) is 5.16. The molecule has 88 valence electrons. The van der Waals surface area contributed by atoms with Gasteiger partial charge in [0.05, 0.1) is 6.61 Å². The first kappa shape index (κ1) is 11.4. The second kappa shape index (κ2) is 4.43. The topological polar surface area (TPSA) is 72.3 Å². The van der Waals surface area contributed by atoms with Crippen LogP contribution in [0.3, 0.4) is 0 Å². The summed E-state index contributed by atoms with van der Waals surface area (Å²) in [5.74, 6) is -0.373. The van der Waals surface area contributed by atoms with Gasteiger partial charge in [0.15, 0.2) is 0 Å². The molecule has 0 atom stereocenters. The summed E-state index contributed by atoms with van der Waals surface area (Å²) in [5.41, 5.74) is 14.0. The van der Waals surface area contributed by atoms with Crippen LogP contribution in [0.5, 0.6) is 0 Å². The Morgan fingerprint density at radius 1 is 1.00 bits per heavy atom. The second-order valence-electron chi connectivity index (χ2n) is 3.82. The summed E-state index contributed by atoms with van der Waals surface area (Å²) in [6.07, 6.45) is 0. The van der Waals surface area contributed by atoms with Crippen LogP contribution in [0.15, 0.2) is 36.4 Å². The van der Waals surface area contributed by atoms with E-state index < -0.39 is 0 Å². The highest BCUT2D eigenvalue weighted by Crippen LogP contribution is 2.30. The Balaban J connectivity index is 2.56. The molecule has 3 nitrogen and oxygen atoms in total. The van der Waals surface area contributed by atoms with Gasteiger partial charge in [-0.05, 0) is 29.8 Å². The molecule has 0 aromatic heterocycles. The Hall–Kier alpha value is -2.07. The maximum Gasteiger partial charge on any atom is 0.131 e. The number of halogens is 1. The lowest BCUT2D eigenvalue weighted by Crippen LogP contribution is -1.96. The van der Waals surface area contributed by atoms with Crippen LogP contribution in [0.2, 0.25) is 0 Å². The van der Waals surface area contributed by atoms with Gasteiger partial charge in [-0.15, -0.1) is 0 Å². The number of aliphatic hydroxyl groups excluding tert-OH is 1. The van der Waals surface area contributed by atoms with Crippen molar-refractivity contribution in [2.75, 3.05) is 11.5 Å². The minimum Gasteiger partial charge on any atom is -0.399 e. The molecule has 2 aromatic carbocycles. The lowest BCUT2D eigenvalue weighted by molar-refractivity contribution is 0.282. The number of rotatable bonds is 2. The summed E-state index contributed by atoms with van der Waals surface area (Å²) in [6, 6.07) is 9.35. The Kier molecular flexibility index (Phi) is 2.97. The molecule has 0 aliphatic heterocycles. The molecule has 0 bridgehead atoms. The van der Waals surface area contributed by atoms with Crippen LogP contribution in [-0.2, 0) is 6.61 Å². The normalized spacial score (nSPS) is 10.5. The van der Waals surface area contributed by atoms with Crippen LogP contribution in [0.4, 0.5) is 15.8 Å². The van der Waals surface area contributed by atoms with Gasteiger partial charge in [-0.2, -0.15) is 0 Å². The van der Waals surface area contributed by atoms with Crippen molar-refractivity contribution in [3.63, 3.8) is 0 Å². The van der Waals surface area contributed by atoms with E-state index >= 15 is 0 Å². The van der Waals surface area contributed by atoms with E-state index in [0.717, 1.165) is 0 Å². The number of nitrogen functional groups attached to an aromatic ring is 2. The first-order chi connectivity index (χ1) is 8.11. The van der Waals surface area contributed by atoms with Crippen molar-refractivity contribution in [1.82, 2.24) is 0 Å². The molecule has 0 aliphatic rings. The molecular weight excluding hydrogens is 219 g/mol. The molecule has 2 aromatic rings. The van der Waals surface area contributed by atoms with E-state index in [1.807, 2.05) is 0 Å².